The molecule has 0 saturated carbocycles. The highest BCUT2D eigenvalue weighted by molar-refractivity contribution is 7.91. The molecule has 1 aromatic heterocycles. The van der Waals surface area contributed by atoms with Crippen LogP contribution in [0.2, 0.25) is 0 Å². The molecule has 1 aliphatic rings. The summed E-state index contributed by atoms with van der Waals surface area (Å²) in [6, 6.07) is 3.25. The smallest absolute Gasteiger partial charge is 0.228 e. The van der Waals surface area contributed by atoms with E-state index in [1.54, 1.807) is 29.4 Å². The SMILES string of the molecule is CCN(C(=O)CC1CS(=O)(=O)CCN1)c1ccncc1. The van der Waals surface area contributed by atoms with E-state index in [2.05, 4.69) is 10.3 Å². The zero-order valence-electron chi connectivity index (χ0n) is 11.4. The predicted molar refractivity (Wildman–Crippen MR) is 77.3 cm³/mol. The monoisotopic (exact) mass is 297 g/mol. The van der Waals surface area contributed by atoms with Gasteiger partial charge in [0.2, 0.25) is 5.91 Å². The average molecular weight is 297 g/mol. The molecule has 20 heavy (non-hydrogen) atoms. The Kier molecular flexibility index (Phi) is 4.72. The fourth-order valence-electron chi connectivity index (χ4n) is 2.35. The first-order chi connectivity index (χ1) is 9.52. The number of hydrogen-bond acceptors (Lipinski definition) is 5. The maximum Gasteiger partial charge on any atom is 0.228 e. The summed E-state index contributed by atoms with van der Waals surface area (Å²) >= 11 is 0. The van der Waals surface area contributed by atoms with Gasteiger partial charge in [0.1, 0.15) is 0 Å². The van der Waals surface area contributed by atoms with Crippen LogP contribution in [-0.4, -0.2) is 49.9 Å². The number of nitrogens with zero attached hydrogens (tertiary/aromatic N) is 2. The van der Waals surface area contributed by atoms with Crippen molar-refractivity contribution in [1.29, 1.82) is 0 Å². The van der Waals surface area contributed by atoms with E-state index in [4.69, 9.17) is 0 Å². The van der Waals surface area contributed by atoms with Crippen molar-refractivity contribution >= 4 is 21.4 Å². The van der Waals surface area contributed by atoms with Gasteiger partial charge in [0.05, 0.1) is 11.5 Å². The van der Waals surface area contributed by atoms with Crippen LogP contribution in [0.5, 0.6) is 0 Å². The van der Waals surface area contributed by atoms with Gasteiger partial charge in [-0.3, -0.25) is 9.78 Å². The third-order valence-electron chi connectivity index (χ3n) is 3.31. The van der Waals surface area contributed by atoms with Crippen molar-refractivity contribution in [1.82, 2.24) is 10.3 Å². The number of amides is 1. The summed E-state index contributed by atoms with van der Waals surface area (Å²) in [5.74, 6) is 0.111. The molecule has 1 aliphatic heterocycles. The predicted octanol–water partition coefficient (Wildman–Crippen LogP) is 0.211. The number of rotatable bonds is 4. The molecule has 0 radical (unpaired) electrons. The maximum absolute atomic E-state index is 12.3. The molecule has 0 aliphatic carbocycles. The van der Waals surface area contributed by atoms with E-state index in [0.29, 0.717) is 13.1 Å². The summed E-state index contributed by atoms with van der Waals surface area (Å²) in [5, 5.41) is 3.10. The summed E-state index contributed by atoms with van der Waals surface area (Å²) < 4.78 is 23.2. The number of pyridine rings is 1. The molecular formula is C13H19N3O3S. The molecule has 1 fully saturated rings. The molecule has 2 heterocycles. The normalized spacial score (nSPS) is 21.4. The second kappa shape index (κ2) is 6.32. The minimum absolute atomic E-state index is 0.0344. The van der Waals surface area contributed by atoms with Crippen molar-refractivity contribution in [2.75, 3.05) is 29.5 Å². The molecule has 0 bridgehead atoms. The minimum Gasteiger partial charge on any atom is -0.313 e. The number of carbonyl (C=O) groups is 1. The van der Waals surface area contributed by atoms with E-state index >= 15 is 0 Å². The van der Waals surface area contributed by atoms with Crippen LogP contribution in [0.25, 0.3) is 0 Å². The van der Waals surface area contributed by atoms with Crippen molar-refractivity contribution < 1.29 is 13.2 Å². The lowest BCUT2D eigenvalue weighted by atomic mass is 10.2. The third-order valence-corrected chi connectivity index (χ3v) is 5.05. The molecule has 1 amide bonds. The van der Waals surface area contributed by atoms with Gasteiger partial charge in [-0.25, -0.2) is 8.42 Å². The second-order valence-corrected chi connectivity index (χ2v) is 7.04. The van der Waals surface area contributed by atoms with Crippen molar-refractivity contribution in [3.05, 3.63) is 24.5 Å². The van der Waals surface area contributed by atoms with E-state index in [-0.39, 0.29) is 29.9 Å². The van der Waals surface area contributed by atoms with Crippen LogP contribution < -0.4 is 10.2 Å². The van der Waals surface area contributed by atoms with Crippen LogP contribution in [0.4, 0.5) is 5.69 Å². The van der Waals surface area contributed by atoms with Gasteiger partial charge in [-0.05, 0) is 19.1 Å². The highest BCUT2D eigenvalue weighted by Crippen LogP contribution is 2.15. The third kappa shape index (κ3) is 3.77. The van der Waals surface area contributed by atoms with Gasteiger partial charge < -0.3 is 10.2 Å². The number of aromatic nitrogens is 1. The van der Waals surface area contributed by atoms with Crippen molar-refractivity contribution in [2.24, 2.45) is 0 Å². The van der Waals surface area contributed by atoms with E-state index in [1.807, 2.05) is 6.92 Å². The summed E-state index contributed by atoms with van der Waals surface area (Å²) in [6.07, 6.45) is 3.46. The number of carbonyl (C=O) groups excluding carboxylic acids is 1. The van der Waals surface area contributed by atoms with Crippen LogP contribution in [0.1, 0.15) is 13.3 Å². The Morgan fingerprint density at radius 3 is 2.75 bits per heavy atom. The van der Waals surface area contributed by atoms with Gasteiger partial charge in [-0.1, -0.05) is 0 Å². The number of sulfone groups is 1. The quantitative estimate of drug-likeness (QED) is 0.859. The van der Waals surface area contributed by atoms with Crippen LogP contribution in [0, 0.1) is 0 Å². The Morgan fingerprint density at radius 2 is 2.15 bits per heavy atom. The average Bonchev–Trinajstić information content (AvgIpc) is 2.39. The van der Waals surface area contributed by atoms with Crippen LogP contribution in [-0.2, 0) is 14.6 Å². The Hall–Kier alpha value is -1.47. The van der Waals surface area contributed by atoms with Gasteiger partial charge in [-0.2, -0.15) is 0 Å². The maximum atomic E-state index is 12.3. The van der Waals surface area contributed by atoms with Gasteiger partial charge >= 0.3 is 0 Å². The first-order valence-electron chi connectivity index (χ1n) is 6.66. The summed E-state index contributed by atoms with van der Waals surface area (Å²) in [6.45, 7) is 2.85. The second-order valence-electron chi connectivity index (χ2n) is 4.81. The van der Waals surface area contributed by atoms with Gasteiger partial charge in [-0.15, -0.1) is 0 Å². The molecule has 1 saturated heterocycles. The van der Waals surface area contributed by atoms with Crippen molar-refractivity contribution in [3.63, 3.8) is 0 Å². The van der Waals surface area contributed by atoms with Crippen LogP contribution >= 0.6 is 0 Å². The van der Waals surface area contributed by atoms with Crippen molar-refractivity contribution in [3.8, 4) is 0 Å². The molecule has 1 atom stereocenters. The largest absolute Gasteiger partial charge is 0.313 e. The zero-order chi connectivity index (χ0) is 14.6. The van der Waals surface area contributed by atoms with Gasteiger partial charge in [0.15, 0.2) is 9.84 Å². The first kappa shape index (κ1) is 14.9. The Morgan fingerprint density at radius 1 is 1.45 bits per heavy atom. The van der Waals surface area contributed by atoms with E-state index in [9.17, 15) is 13.2 Å². The van der Waals surface area contributed by atoms with Gasteiger partial charge in [0.25, 0.3) is 0 Å². The number of nitrogens with one attached hydrogen (secondary N) is 1. The fourth-order valence-corrected chi connectivity index (χ4v) is 3.79. The molecular weight excluding hydrogens is 278 g/mol. The number of anilines is 1. The zero-order valence-corrected chi connectivity index (χ0v) is 12.3. The molecule has 0 spiro atoms. The molecule has 1 N–H and O–H groups in total. The number of hydrogen-bond donors (Lipinski definition) is 1. The Labute approximate surface area is 119 Å². The highest BCUT2D eigenvalue weighted by atomic mass is 32.2. The lowest BCUT2D eigenvalue weighted by Crippen LogP contribution is -2.48. The van der Waals surface area contributed by atoms with E-state index in [0.717, 1.165) is 5.69 Å². The topological polar surface area (TPSA) is 79.4 Å². The Bertz CT molecular complexity index is 559. The molecule has 1 aromatic rings. The van der Waals surface area contributed by atoms with Crippen LogP contribution in [0.3, 0.4) is 0 Å². The highest BCUT2D eigenvalue weighted by Gasteiger charge is 2.27. The minimum atomic E-state index is -3.02. The summed E-state index contributed by atoms with van der Waals surface area (Å²) in [5.41, 5.74) is 0.783. The lowest BCUT2D eigenvalue weighted by molar-refractivity contribution is -0.118. The van der Waals surface area contributed by atoms with E-state index < -0.39 is 9.84 Å². The van der Waals surface area contributed by atoms with Gasteiger partial charge in [0, 0.05) is 43.6 Å². The van der Waals surface area contributed by atoms with Crippen molar-refractivity contribution in [2.45, 2.75) is 19.4 Å². The molecule has 0 aromatic carbocycles. The molecule has 6 nitrogen and oxygen atoms in total. The standard InChI is InChI=1S/C13H19N3O3S/c1-2-16(12-3-5-14-6-4-12)13(17)9-11-10-20(18,19)8-7-15-11/h3-6,11,15H,2,7-10H2,1H3. The summed E-state index contributed by atoms with van der Waals surface area (Å²) in [7, 11) is -3.02. The lowest BCUT2D eigenvalue weighted by Gasteiger charge is -2.27. The molecule has 1 unspecified atom stereocenters. The molecule has 110 valence electrons. The first-order valence-corrected chi connectivity index (χ1v) is 8.48. The van der Waals surface area contributed by atoms with E-state index in [1.165, 1.54) is 0 Å². The molecule has 7 heteroatoms. The molecule has 2 rings (SSSR count). The Balaban J connectivity index is 2.03. The van der Waals surface area contributed by atoms with Crippen LogP contribution in [0.15, 0.2) is 24.5 Å². The summed E-state index contributed by atoms with van der Waals surface area (Å²) in [4.78, 5) is 17.9. The fraction of sp³-hybridized carbons (Fsp3) is 0.538.